The quantitative estimate of drug-likeness (QED) is 0.261. The molecule has 9 heteroatoms. The molecule has 37 heavy (non-hydrogen) atoms. The Balaban J connectivity index is 1.28. The fourth-order valence-electron chi connectivity index (χ4n) is 4.49. The lowest BCUT2D eigenvalue weighted by molar-refractivity contribution is 0.628. The second kappa shape index (κ2) is 8.34. The second-order valence-corrected chi connectivity index (χ2v) is 9.20. The van der Waals surface area contributed by atoms with Crippen molar-refractivity contribution in [2.75, 3.05) is 5.32 Å². The van der Waals surface area contributed by atoms with Crippen molar-refractivity contribution in [1.82, 2.24) is 35.1 Å². The van der Waals surface area contributed by atoms with Gasteiger partial charge in [-0.1, -0.05) is 18.7 Å². The Morgan fingerprint density at radius 1 is 0.946 bits per heavy atom. The van der Waals surface area contributed by atoms with Gasteiger partial charge in [0.1, 0.15) is 16.9 Å². The molecule has 180 valence electrons. The van der Waals surface area contributed by atoms with Gasteiger partial charge in [-0.15, -0.1) is 0 Å². The van der Waals surface area contributed by atoms with Gasteiger partial charge in [0.25, 0.3) is 0 Å². The highest BCUT2D eigenvalue weighted by molar-refractivity contribution is 5.95. The summed E-state index contributed by atoms with van der Waals surface area (Å²) in [5.41, 5.74) is 8.26. The first kappa shape index (κ1) is 21.4. The molecule has 0 aliphatic heterocycles. The van der Waals surface area contributed by atoms with Crippen LogP contribution < -0.4 is 5.32 Å². The summed E-state index contributed by atoms with van der Waals surface area (Å²) in [4.78, 5) is 21.9. The van der Waals surface area contributed by atoms with Gasteiger partial charge in [-0.25, -0.2) is 14.4 Å². The Bertz CT molecular complexity index is 1810. The third-order valence-corrected chi connectivity index (χ3v) is 6.54. The average molecular weight is 489 g/mol. The number of anilines is 1. The minimum atomic E-state index is -0.326. The van der Waals surface area contributed by atoms with E-state index >= 15 is 0 Å². The van der Waals surface area contributed by atoms with Crippen LogP contribution in [0.3, 0.4) is 0 Å². The van der Waals surface area contributed by atoms with Crippen LogP contribution in [-0.4, -0.2) is 35.1 Å². The summed E-state index contributed by atoms with van der Waals surface area (Å²) in [5, 5.41) is 10.9. The van der Waals surface area contributed by atoms with Crippen LogP contribution in [0.2, 0.25) is 0 Å². The standard InChI is InChI=1S/C28H21FN8/c1-15(16-5-6-16)32-20-12-18(13-30-14-20)21-7-8-23-26(33-21)27(37-36-23)28-34-22-9-10-31-24(25(22)35-28)17-3-2-4-19(29)11-17/h2-4,7-14,16,32H,1,5-6H2,(H,34,35)(H,36,37). The van der Waals surface area contributed by atoms with E-state index in [1.807, 2.05) is 30.3 Å². The summed E-state index contributed by atoms with van der Waals surface area (Å²) < 4.78 is 13.9. The minimum absolute atomic E-state index is 0.326. The molecule has 1 saturated carbocycles. The smallest absolute Gasteiger partial charge is 0.161 e. The van der Waals surface area contributed by atoms with Crippen molar-refractivity contribution in [2.45, 2.75) is 12.8 Å². The molecule has 0 spiro atoms. The molecule has 0 atom stereocenters. The number of hydrogen-bond donors (Lipinski definition) is 3. The summed E-state index contributed by atoms with van der Waals surface area (Å²) in [6.07, 6.45) is 7.62. The number of aromatic nitrogens is 7. The van der Waals surface area contributed by atoms with Crippen LogP contribution in [0.1, 0.15) is 12.8 Å². The maximum Gasteiger partial charge on any atom is 0.161 e. The molecule has 5 aromatic heterocycles. The van der Waals surface area contributed by atoms with Crippen LogP contribution in [0.4, 0.5) is 10.1 Å². The van der Waals surface area contributed by atoms with Crippen LogP contribution in [0, 0.1) is 11.7 Å². The van der Waals surface area contributed by atoms with E-state index in [-0.39, 0.29) is 5.82 Å². The number of rotatable bonds is 6. The van der Waals surface area contributed by atoms with Crippen LogP contribution in [0.25, 0.3) is 56.1 Å². The molecule has 0 amide bonds. The van der Waals surface area contributed by atoms with E-state index in [1.165, 1.54) is 25.0 Å². The molecule has 1 fully saturated rings. The minimum Gasteiger partial charge on any atom is -0.358 e. The number of fused-ring (bicyclic) bond motifs is 2. The Kier molecular flexibility index (Phi) is 4.81. The van der Waals surface area contributed by atoms with Gasteiger partial charge in [0.05, 0.1) is 34.3 Å². The number of pyridine rings is 3. The van der Waals surface area contributed by atoms with E-state index in [9.17, 15) is 4.39 Å². The normalized spacial score (nSPS) is 13.3. The van der Waals surface area contributed by atoms with Gasteiger partial charge in [-0.05, 0) is 55.2 Å². The molecule has 7 rings (SSSR count). The lowest BCUT2D eigenvalue weighted by Gasteiger charge is -2.09. The van der Waals surface area contributed by atoms with Gasteiger partial charge in [0.15, 0.2) is 11.5 Å². The fourth-order valence-corrected chi connectivity index (χ4v) is 4.49. The molecule has 1 aliphatic rings. The van der Waals surface area contributed by atoms with Crippen LogP contribution in [-0.2, 0) is 0 Å². The van der Waals surface area contributed by atoms with Gasteiger partial charge in [-0.2, -0.15) is 5.10 Å². The Morgan fingerprint density at radius 2 is 1.84 bits per heavy atom. The largest absolute Gasteiger partial charge is 0.358 e. The van der Waals surface area contributed by atoms with Gasteiger partial charge < -0.3 is 10.3 Å². The van der Waals surface area contributed by atoms with E-state index in [0.29, 0.717) is 39.7 Å². The zero-order chi connectivity index (χ0) is 24.9. The van der Waals surface area contributed by atoms with Crippen molar-refractivity contribution in [2.24, 2.45) is 5.92 Å². The van der Waals surface area contributed by atoms with E-state index in [4.69, 9.17) is 9.97 Å². The number of H-pyrrole nitrogens is 2. The first-order valence-electron chi connectivity index (χ1n) is 12.0. The first-order chi connectivity index (χ1) is 18.1. The number of nitrogens with zero attached hydrogens (tertiary/aromatic N) is 5. The molecule has 1 aliphatic carbocycles. The van der Waals surface area contributed by atoms with E-state index < -0.39 is 0 Å². The SMILES string of the molecule is C=C(Nc1cncc(-c2ccc3[nH]nc(-c4nc5c(-c6cccc(F)c6)nccc5[nH]4)c3n2)c1)C1CC1. The third-order valence-electron chi connectivity index (χ3n) is 6.54. The predicted molar refractivity (Wildman–Crippen MR) is 141 cm³/mol. The third kappa shape index (κ3) is 3.90. The molecular formula is C28H21FN8. The second-order valence-electron chi connectivity index (χ2n) is 9.20. The molecule has 0 saturated heterocycles. The zero-order valence-electron chi connectivity index (χ0n) is 19.7. The van der Waals surface area contributed by atoms with Gasteiger partial charge in [0, 0.05) is 29.2 Å². The van der Waals surface area contributed by atoms with Crippen molar-refractivity contribution >= 4 is 27.8 Å². The van der Waals surface area contributed by atoms with Crippen molar-refractivity contribution in [3.05, 3.63) is 85.2 Å². The van der Waals surface area contributed by atoms with Gasteiger partial charge in [-0.3, -0.25) is 15.1 Å². The molecule has 0 bridgehead atoms. The lowest BCUT2D eigenvalue weighted by atomic mass is 10.1. The monoisotopic (exact) mass is 488 g/mol. The number of allylic oxidation sites excluding steroid dienone is 1. The number of imidazole rings is 1. The highest BCUT2D eigenvalue weighted by Crippen LogP contribution is 2.36. The number of aromatic amines is 2. The number of nitrogens with one attached hydrogen (secondary N) is 3. The molecule has 5 heterocycles. The number of halogens is 1. The number of hydrogen-bond acceptors (Lipinski definition) is 6. The van der Waals surface area contributed by atoms with Gasteiger partial charge >= 0.3 is 0 Å². The topological polar surface area (TPSA) is 108 Å². The first-order valence-corrected chi connectivity index (χ1v) is 12.0. The van der Waals surface area contributed by atoms with E-state index in [2.05, 4.69) is 37.0 Å². The maximum atomic E-state index is 13.9. The van der Waals surface area contributed by atoms with Crippen molar-refractivity contribution in [3.8, 4) is 34.0 Å². The molecule has 1 aromatic carbocycles. The van der Waals surface area contributed by atoms with E-state index in [1.54, 1.807) is 24.7 Å². The zero-order valence-corrected chi connectivity index (χ0v) is 19.7. The average Bonchev–Trinajstić information content (AvgIpc) is 3.55. The van der Waals surface area contributed by atoms with Crippen LogP contribution in [0.15, 0.2) is 79.4 Å². The van der Waals surface area contributed by atoms with E-state index in [0.717, 1.165) is 33.7 Å². The summed E-state index contributed by atoms with van der Waals surface area (Å²) in [5.74, 6) is 0.769. The molecule has 8 nitrogen and oxygen atoms in total. The Morgan fingerprint density at radius 3 is 2.70 bits per heavy atom. The highest BCUT2D eigenvalue weighted by atomic mass is 19.1. The van der Waals surface area contributed by atoms with Crippen LogP contribution >= 0.6 is 0 Å². The number of benzene rings is 1. The molecule has 6 aromatic rings. The Labute approximate surface area is 210 Å². The summed E-state index contributed by atoms with van der Waals surface area (Å²) >= 11 is 0. The molecular weight excluding hydrogens is 467 g/mol. The van der Waals surface area contributed by atoms with Crippen molar-refractivity contribution < 1.29 is 4.39 Å². The fraction of sp³-hybridized carbons (Fsp3) is 0.107. The highest BCUT2D eigenvalue weighted by Gasteiger charge is 2.24. The molecule has 0 radical (unpaired) electrons. The Hall–Kier alpha value is -4.92. The van der Waals surface area contributed by atoms with Crippen molar-refractivity contribution in [3.63, 3.8) is 0 Å². The van der Waals surface area contributed by atoms with Gasteiger partial charge in [0.2, 0.25) is 0 Å². The van der Waals surface area contributed by atoms with Crippen molar-refractivity contribution in [1.29, 1.82) is 0 Å². The lowest BCUT2D eigenvalue weighted by Crippen LogP contribution is -2.00. The molecule has 0 unspecified atom stereocenters. The summed E-state index contributed by atoms with van der Waals surface area (Å²) in [6, 6.07) is 14.1. The van der Waals surface area contributed by atoms with Crippen LogP contribution in [0.5, 0.6) is 0 Å². The predicted octanol–water partition coefficient (Wildman–Crippen LogP) is 6.10. The maximum absolute atomic E-state index is 13.9. The summed E-state index contributed by atoms with van der Waals surface area (Å²) in [7, 11) is 0. The molecule has 3 N–H and O–H groups in total. The summed E-state index contributed by atoms with van der Waals surface area (Å²) in [6.45, 7) is 4.14.